The van der Waals surface area contributed by atoms with Crippen molar-refractivity contribution in [1.29, 1.82) is 0 Å². The Morgan fingerprint density at radius 1 is 1.67 bits per heavy atom. The second kappa shape index (κ2) is 6.26. The molecule has 0 aromatic rings. The molecule has 0 aromatic carbocycles. The minimum Gasteiger partial charge on any atom is -0.396 e. The lowest BCUT2D eigenvalue weighted by molar-refractivity contribution is -0.129. The van der Waals surface area contributed by atoms with E-state index < -0.39 is 0 Å². The van der Waals surface area contributed by atoms with E-state index in [-0.39, 0.29) is 24.3 Å². The van der Waals surface area contributed by atoms with Crippen molar-refractivity contribution in [3.63, 3.8) is 0 Å². The number of carbonyl (C=O) groups excluding carboxylic acids is 1. The Bertz CT molecular complexity index is 141. The topological polar surface area (TPSA) is 40.5 Å². The monoisotopic (exact) mass is 193 g/mol. The lowest BCUT2D eigenvalue weighted by Gasteiger charge is -2.22. The normalized spacial score (nSPS) is 12.7. The molecule has 0 aliphatic carbocycles. The van der Waals surface area contributed by atoms with Gasteiger partial charge in [-0.3, -0.25) is 4.79 Å². The van der Waals surface area contributed by atoms with Gasteiger partial charge in [0.25, 0.3) is 0 Å². The van der Waals surface area contributed by atoms with Crippen molar-refractivity contribution in [2.24, 2.45) is 5.92 Å². The number of halogens is 1. The van der Waals surface area contributed by atoms with Crippen LogP contribution in [0.15, 0.2) is 0 Å². The molecule has 0 rings (SSSR count). The van der Waals surface area contributed by atoms with Crippen LogP contribution in [0.1, 0.15) is 13.8 Å². The van der Waals surface area contributed by atoms with Gasteiger partial charge in [0.1, 0.15) is 5.88 Å². The second-order valence-electron chi connectivity index (χ2n) is 2.85. The maximum atomic E-state index is 11.1. The SMILES string of the molecule is CCN(CC(C)CO)C(=O)CCl. The summed E-state index contributed by atoms with van der Waals surface area (Å²) in [6.45, 7) is 5.12. The van der Waals surface area contributed by atoms with Gasteiger partial charge in [-0.15, -0.1) is 11.6 Å². The number of rotatable bonds is 5. The zero-order valence-corrected chi connectivity index (χ0v) is 8.34. The Morgan fingerprint density at radius 3 is 2.58 bits per heavy atom. The number of alkyl halides is 1. The first kappa shape index (κ1) is 11.7. The van der Waals surface area contributed by atoms with E-state index in [0.29, 0.717) is 13.1 Å². The first-order valence-corrected chi connectivity index (χ1v) is 4.63. The summed E-state index contributed by atoms with van der Waals surface area (Å²) in [7, 11) is 0. The first-order chi connectivity index (χ1) is 5.65. The predicted molar refractivity (Wildman–Crippen MR) is 49.2 cm³/mol. The first-order valence-electron chi connectivity index (χ1n) is 4.10. The van der Waals surface area contributed by atoms with Gasteiger partial charge in [0.05, 0.1) is 0 Å². The molecule has 0 spiro atoms. The fourth-order valence-corrected chi connectivity index (χ4v) is 1.09. The Hall–Kier alpha value is -0.280. The Balaban J connectivity index is 3.90. The average Bonchev–Trinajstić information content (AvgIpc) is 2.12. The van der Waals surface area contributed by atoms with Crippen LogP contribution < -0.4 is 0 Å². The van der Waals surface area contributed by atoms with Crippen LogP contribution in [0.5, 0.6) is 0 Å². The number of hydrogen-bond donors (Lipinski definition) is 1. The molecule has 1 atom stereocenters. The van der Waals surface area contributed by atoms with Crippen LogP contribution >= 0.6 is 11.6 Å². The summed E-state index contributed by atoms with van der Waals surface area (Å²) in [4.78, 5) is 12.8. The minimum atomic E-state index is -0.0699. The molecule has 0 radical (unpaired) electrons. The van der Waals surface area contributed by atoms with E-state index in [4.69, 9.17) is 16.7 Å². The van der Waals surface area contributed by atoms with Gasteiger partial charge in [0.15, 0.2) is 0 Å². The van der Waals surface area contributed by atoms with Crippen molar-refractivity contribution in [3.8, 4) is 0 Å². The summed E-state index contributed by atoms with van der Waals surface area (Å²) in [5.41, 5.74) is 0. The summed E-state index contributed by atoms with van der Waals surface area (Å²) in [6, 6.07) is 0. The highest BCUT2D eigenvalue weighted by molar-refractivity contribution is 6.27. The molecule has 0 saturated carbocycles. The van der Waals surface area contributed by atoms with Crippen LogP contribution in [0.3, 0.4) is 0 Å². The Kier molecular flexibility index (Phi) is 6.11. The molecule has 0 aromatic heterocycles. The third-order valence-corrected chi connectivity index (χ3v) is 1.92. The highest BCUT2D eigenvalue weighted by Crippen LogP contribution is 2.00. The highest BCUT2D eigenvalue weighted by Gasteiger charge is 2.12. The van der Waals surface area contributed by atoms with Gasteiger partial charge < -0.3 is 10.0 Å². The zero-order valence-electron chi connectivity index (χ0n) is 7.59. The van der Waals surface area contributed by atoms with Crippen molar-refractivity contribution in [2.75, 3.05) is 25.6 Å². The quantitative estimate of drug-likeness (QED) is 0.654. The molecule has 0 fully saturated rings. The molecule has 0 bridgehead atoms. The summed E-state index contributed by atoms with van der Waals surface area (Å²) in [6.07, 6.45) is 0. The summed E-state index contributed by atoms with van der Waals surface area (Å²) >= 11 is 5.40. The van der Waals surface area contributed by atoms with Crippen LogP contribution in [-0.4, -0.2) is 41.5 Å². The smallest absolute Gasteiger partial charge is 0.237 e. The lowest BCUT2D eigenvalue weighted by atomic mass is 10.2. The fraction of sp³-hybridized carbons (Fsp3) is 0.875. The van der Waals surface area contributed by atoms with Gasteiger partial charge in [0.2, 0.25) is 5.91 Å². The third-order valence-electron chi connectivity index (χ3n) is 1.69. The molecular weight excluding hydrogens is 178 g/mol. The van der Waals surface area contributed by atoms with Gasteiger partial charge in [-0.2, -0.15) is 0 Å². The predicted octanol–water partition coefficient (Wildman–Crippen LogP) is 0.702. The van der Waals surface area contributed by atoms with E-state index in [9.17, 15) is 4.79 Å². The number of amides is 1. The van der Waals surface area contributed by atoms with Gasteiger partial charge in [-0.05, 0) is 12.8 Å². The Labute approximate surface area is 78.3 Å². The lowest BCUT2D eigenvalue weighted by Crippen LogP contribution is -2.36. The zero-order chi connectivity index (χ0) is 9.56. The average molecular weight is 194 g/mol. The van der Waals surface area contributed by atoms with Crippen molar-refractivity contribution in [2.45, 2.75) is 13.8 Å². The van der Waals surface area contributed by atoms with Crippen LogP contribution in [0.2, 0.25) is 0 Å². The molecular formula is C8H16ClNO2. The van der Waals surface area contributed by atoms with E-state index in [0.717, 1.165) is 0 Å². The maximum absolute atomic E-state index is 11.1. The van der Waals surface area contributed by atoms with Gasteiger partial charge in [0, 0.05) is 19.7 Å². The molecule has 12 heavy (non-hydrogen) atoms. The van der Waals surface area contributed by atoms with Crippen LogP contribution in [0.25, 0.3) is 0 Å². The van der Waals surface area contributed by atoms with E-state index in [1.165, 1.54) is 0 Å². The molecule has 3 nitrogen and oxygen atoms in total. The van der Waals surface area contributed by atoms with Crippen LogP contribution in [-0.2, 0) is 4.79 Å². The second-order valence-corrected chi connectivity index (χ2v) is 3.12. The molecule has 0 saturated heterocycles. The number of aliphatic hydroxyl groups excluding tert-OH is 1. The molecule has 1 N–H and O–H groups in total. The number of carbonyl (C=O) groups is 1. The molecule has 0 heterocycles. The van der Waals surface area contributed by atoms with E-state index in [1.807, 2.05) is 13.8 Å². The molecule has 1 unspecified atom stereocenters. The fourth-order valence-electron chi connectivity index (χ4n) is 0.926. The molecule has 72 valence electrons. The molecule has 0 aliphatic rings. The molecule has 0 aliphatic heterocycles. The molecule has 4 heteroatoms. The van der Waals surface area contributed by atoms with Crippen LogP contribution in [0.4, 0.5) is 0 Å². The third kappa shape index (κ3) is 3.93. The summed E-state index contributed by atoms with van der Waals surface area (Å²) in [5, 5.41) is 8.76. The number of hydrogen-bond acceptors (Lipinski definition) is 2. The Morgan fingerprint density at radius 2 is 2.25 bits per heavy atom. The summed E-state index contributed by atoms with van der Waals surface area (Å²) in [5.74, 6) is 0.0722. The highest BCUT2D eigenvalue weighted by atomic mass is 35.5. The van der Waals surface area contributed by atoms with E-state index >= 15 is 0 Å². The van der Waals surface area contributed by atoms with Crippen molar-refractivity contribution >= 4 is 17.5 Å². The standard InChI is InChI=1S/C8H16ClNO2/c1-3-10(8(12)4-9)5-7(2)6-11/h7,11H,3-6H2,1-2H3. The summed E-state index contributed by atoms with van der Waals surface area (Å²) < 4.78 is 0. The maximum Gasteiger partial charge on any atom is 0.237 e. The van der Waals surface area contributed by atoms with E-state index in [2.05, 4.69) is 0 Å². The number of aliphatic hydroxyl groups is 1. The van der Waals surface area contributed by atoms with Gasteiger partial charge in [-0.25, -0.2) is 0 Å². The van der Waals surface area contributed by atoms with Gasteiger partial charge in [-0.1, -0.05) is 6.92 Å². The minimum absolute atomic E-state index is 0.0198. The number of nitrogens with zero attached hydrogens (tertiary/aromatic N) is 1. The van der Waals surface area contributed by atoms with Crippen molar-refractivity contribution < 1.29 is 9.90 Å². The largest absolute Gasteiger partial charge is 0.396 e. The van der Waals surface area contributed by atoms with Gasteiger partial charge >= 0.3 is 0 Å². The van der Waals surface area contributed by atoms with Crippen LogP contribution in [0, 0.1) is 5.92 Å². The van der Waals surface area contributed by atoms with E-state index in [1.54, 1.807) is 4.90 Å². The van der Waals surface area contributed by atoms with Crippen molar-refractivity contribution in [1.82, 2.24) is 4.90 Å². The van der Waals surface area contributed by atoms with Crippen molar-refractivity contribution in [3.05, 3.63) is 0 Å². The molecule has 1 amide bonds.